The van der Waals surface area contributed by atoms with Crippen molar-refractivity contribution in [3.63, 3.8) is 0 Å². The Balaban J connectivity index is 1.85. The topological polar surface area (TPSA) is 24.9 Å². The van der Waals surface area contributed by atoms with E-state index in [4.69, 9.17) is 0 Å². The normalized spacial score (nSPS) is 19.3. The SMILES string of the molecule is Brc1cccc2c(NCC3CCCS3)nccc12. The van der Waals surface area contributed by atoms with Crippen LogP contribution in [0.4, 0.5) is 5.82 Å². The number of fused-ring (bicyclic) bond motifs is 1. The number of nitrogens with zero attached hydrogens (tertiary/aromatic N) is 1. The van der Waals surface area contributed by atoms with Crippen molar-refractivity contribution in [2.75, 3.05) is 17.6 Å². The number of rotatable bonds is 3. The second-order valence-corrected chi connectivity index (χ2v) is 6.77. The van der Waals surface area contributed by atoms with Crippen LogP contribution >= 0.6 is 27.7 Å². The molecule has 2 aromatic rings. The highest BCUT2D eigenvalue weighted by Crippen LogP contribution is 2.29. The van der Waals surface area contributed by atoms with Gasteiger partial charge in [-0.1, -0.05) is 28.1 Å². The van der Waals surface area contributed by atoms with Crippen LogP contribution in [0.5, 0.6) is 0 Å². The van der Waals surface area contributed by atoms with Gasteiger partial charge in [0.05, 0.1) is 0 Å². The van der Waals surface area contributed by atoms with Gasteiger partial charge in [-0.2, -0.15) is 11.8 Å². The largest absolute Gasteiger partial charge is 0.368 e. The number of nitrogens with one attached hydrogen (secondary N) is 1. The van der Waals surface area contributed by atoms with Gasteiger partial charge >= 0.3 is 0 Å². The van der Waals surface area contributed by atoms with Gasteiger partial charge in [-0.25, -0.2) is 4.98 Å². The zero-order valence-corrected chi connectivity index (χ0v) is 12.4. The van der Waals surface area contributed by atoms with Crippen molar-refractivity contribution in [3.8, 4) is 0 Å². The highest BCUT2D eigenvalue weighted by atomic mass is 79.9. The minimum Gasteiger partial charge on any atom is -0.368 e. The van der Waals surface area contributed by atoms with Gasteiger partial charge in [0.2, 0.25) is 0 Å². The van der Waals surface area contributed by atoms with Crippen molar-refractivity contribution in [2.24, 2.45) is 0 Å². The molecule has 1 aromatic heterocycles. The molecule has 0 amide bonds. The summed E-state index contributed by atoms with van der Waals surface area (Å²) in [6.07, 6.45) is 4.55. The predicted octanol–water partition coefficient (Wildman–Crippen LogP) is 4.30. The zero-order chi connectivity index (χ0) is 12.4. The van der Waals surface area contributed by atoms with E-state index in [1.807, 2.05) is 6.20 Å². The summed E-state index contributed by atoms with van der Waals surface area (Å²) >= 11 is 5.66. The van der Waals surface area contributed by atoms with Crippen molar-refractivity contribution < 1.29 is 0 Å². The lowest BCUT2D eigenvalue weighted by Gasteiger charge is -2.12. The molecule has 94 valence electrons. The Labute approximate surface area is 120 Å². The van der Waals surface area contributed by atoms with Gasteiger partial charge in [-0.3, -0.25) is 0 Å². The van der Waals surface area contributed by atoms with E-state index in [-0.39, 0.29) is 0 Å². The highest BCUT2D eigenvalue weighted by molar-refractivity contribution is 9.10. The van der Waals surface area contributed by atoms with Crippen LogP contribution in [-0.4, -0.2) is 22.5 Å². The van der Waals surface area contributed by atoms with Crippen LogP contribution in [0.3, 0.4) is 0 Å². The number of hydrogen-bond acceptors (Lipinski definition) is 3. The van der Waals surface area contributed by atoms with Crippen LogP contribution in [0, 0.1) is 0 Å². The Morgan fingerprint density at radius 2 is 2.28 bits per heavy atom. The summed E-state index contributed by atoms with van der Waals surface area (Å²) in [5, 5.41) is 6.66. The molecule has 2 heterocycles. The minimum absolute atomic E-state index is 0.745. The smallest absolute Gasteiger partial charge is 0.133 e. The molecule has 0 saturated carbocycles. The maximum absolute atomic E-state index is 4.47. The molecule has 1 saturated heterocycles. The molecule has 2 nitrogen and oxygen atoms in total. The molecular weight excluding hydrogens is 308 g/mol. The van der Waals surface area contributed by atoms with Crippen LogP contribution in [0.2, 0.25) is 0 Å². The van der Waals surface area contributed by atoms with Crippen LogP contribution in [0.15, 0.2) is 34.9 Å². The van der Waals surface area contributed by atoms with Gasteiger partial charge in [0, 0.05) is 33.2 Å². The molecule has 0 spiro atoms. The van der Waals surface area contributed by atoms with Crippen LogP contribution in [0.1, 0.15) is 12.8 Å². The van der Waals surface area contributed by atoms with E-state index >= 15 is 0 Å². The number of hydrogen-bond donors (Lipinski definition) is 1. The van der Waals surface area contributed by atoms with Gasteiger partial charge in [0.1, 0.15) is 5.82 Å². The first kappa shape index (κ1) is 12.3. The number of aromatic nitrogens is 1. The summed E-state index contributed by atoms with van der Waals surface area (Å²) in [4.78, 5) is 4.47. The molecule has 4 heteroatoms. The molecule has 18 heavy (non-hydrogen) atoms. The average molecular weight is 323 g/mol. The summed E-state index contributed by atoms with van der Waals surface area (Å²) in [5.74, 6) is 2.31. The van der Waals surface area contributed by atoms with Crippen LogP contribution < -0.4 is 5.32 Å². The van der Waals surface area contributed by atoms with Crippen LogP contribution in [-0.2, 0) is 0 Å². The summed E-state index contributed by atoms with van der Waals surface area (Å²) < 4.78 is 1.13. The lowest BCUT2D eigenvalue weighted by molar-refractivity contribution is 0.804. The van der Waals surface area contributed by atoms with Crippen molar-refractivity contribution in [1.82, 2.24) is 4.98 Å². The summed E-state index contributed by atoms with van der Waals surface area (Å²) in [5.41, 5.74) is 0. The Morgan fingerprint density at radius 1 is 1.33 bits per heavy atom. The first-order chi connectivity index (χ1) is 8.84. The van der Waals surface area contributed by atoms with E-state index in [2.05, 4.69) is 62.3 Å². The monoisotopic (exact) mass is 322 g/mol. The Hall–Kier alpha value is -0.740. The first-order valence-electron chi connectivity index (χ1n) is 6.23. The lowest BCUT2D eigenvalue weighted by Crippen LogP contribution is -2.14. The highest BCUT2D eigenvalue weighted by Gasteiger charge is 2.15. The average Bonchev–Trinajstić information content (AvgIpc) is 2.90. The van der Waals surface area contributed by atoms with E-state index in [1.54, 1.807) is 0 Å². The minimum atomic E-state index is 0.745. The molecule has 1 aliphatic heterocycles. The molecule has 1 atom stereocenters. The molecule has 1 fully saturated rings. The second-order valence-electron chi connectivity index (χ2n) is 4.51. The van der Waals surface area contributed by atoms with Crippen molar-refractivity contribution >= 4 is 44.3 Å². The van der Waals surface area contributed by atoms with Crippen molar-refractivity contribution in [3.05, 3.63) is 34.9 Å². The molecule has 0 aliphatic carbocycles. The predicted molar refractivity (Wildman–Crippen MR) is 83.4 cm³/mol. The zero-order valence-electron chi connectivity index (χ0n) is 10.0. The summed E-state index contributed by atoms with van der Waals surface area (Å²) in [6.45, 7) is 1.02. The number of pyridine rings is 1. The van der Waals surface area contributed by atoms with Crippen molar-refractivity contribution in [2.45, 2.75) is 18.1 Å². The third-order valence-electron chi connectivity index (χ3n) is 3.27. The van der Waals surface area contributed by atoms with Gasteiger partial charge in [-0.05, 0) is 30.7 Å². The third-order valence-corrected chi connectivity index (χ3v) is 5.36. The molecule has 0 bridgehead atoms. The number of anilines is 1. The number of thioether (sulfide) groups is 1. The molecule has 1 N–H and O–H groups in total. The fourth-order valence-corrected chi connectivity index (χ4v) is 4.03. The van der Waals surface area contributed by atoms with Gasteiger partial charge in [-0.15, -0.1) is 0 Å². The van der Waals surface area contributed by atoms with Crippen molar-refractivity contribution in [1.29, 1.82) is 0 Å². The molecule has 1 unspecified atom stereocenters. The first-order valence-corrected chi connectivity index (χ1v) is 8.07. The molecular formula is C14H15BrN2S. The summed E-state index contributed by atoms with van der Waals surface area (Å²) in [7, 11) is 0. The van der Waals surface area contributed by atoms with E-state index in [1.165, 1.54) is 29.4 Å². The quantitative estimate of drug-likeness (QED) is 0.911. The van der Waals surface area contributed by atoms with Crippen LogP contribution in [0.25, 0.3) is 10.8 Å². The summed E-state index contributed by atoms with van der Waals surface area (Å²) in [6, 6.07) is 8.30. The Bertz CT molecular complexity index is 552. The third kappa shape index (κ3) is 2.50. The van der Waals surface area contributed by atoms with E-state index < -0.39 is 0 Å². The molecule has 1 aliphatic rings. The molecule has 0 radical (unpaired) electrons. The fraction of sp³-hybridized carbons (Fsp3) is 0.357. The Morgan fingerprint density at radius 3 is 3.11 bits per heavy atom. The molecule has 1 aromatic carbocycles. The maximum Gasteiger partial charge on any atom is 0.133 e. The molecule has 3 rings (SSSR count). The van der Waals surface area contributed by atoms with E-state index in [0.29, 0.717) is 0 Å². The lowest BCUT2D eigenvalue weighted by atomic mass is 10.1. The van der Waals surface area contributed by atoms with Gasteiger partial charge < -0.3 is 5.32 Å². The Kier molecular flexibility index (Phi) is 3.75. The van der Waals surface area contributed by atoms with Gasteiger partial charge in [0.15, 0.2) is 0 Å². The second kappa shape index (κ2) is 5.49. The maximum atomic E-state index is 4.47. The van der Waals surface area contributed by atoms with E-state index in [0.717, 1.165) is 22.1 Å². The standard InChI is InChI=1S/C14H15BrN2S/c15-13-5-1-4-12-11(13)6-7-16-14(12)17-9-10-3-2-8-18-10/h1,4-7,10H,2-3,8-9H2,(H,16,17). The van der Waals surface area contributed by atoms with E-state index in [9.17, 15) is 0 Å². The van der Waals surface area contributed by atoms with Gasteiger partial charge in [0.25, 0.3) is 0 Å². The number of benzene rings is 1. The fourth-order valence-electron chi connectivity index (χ4n) is 2.33. The number of halogens is 1.